The lowest BCUT2D eigenvalue weighted by molar-refractivity contribution is -0.128. The van der Waals surface area contributed by atoms with E-state index in [2.05, 4.69) is 55.5 Å². The molecule has 4 heteroatoms. The van der Waals surface area contributed by atoms with Crippen LogP contribution in [0.4, 0.5) is 0 Å². The van der Waals surface area contributed by atoms with E-state index >= 15 is 0 Å². The zero-order valence-electron chi connectivity index (χ0n) is 15.0. The summed E-state index contributed by atoms with van der Waals surface area (Å²) < 4.78 is 4.83. The van der Waals surface area contributed by atoms with Crippen LogP contribution in [0.3, 0.4) is 0 Å². The smallest absolute Gasteiger partial charge is 0.293 e. The van der Waals surface area contributed by atoms with Crippen LogP contribution in [0, 0.1) is 0 Å². The monoisotopic (exact) mass is 365 g/mol. The van der Waals surface area contributed by atoms with Gasteiger partial charge in [0.25, 0.3) is 6.47 Å². The Bertz CT molecular complexity index is 825. The first-order chi connectivity index (χ1) is 12.8. The molecule has 0 atom stereocenters. The van der Waals surface area contributed by atoms with Crippen LogP contribution < -0.4 is 0 Å². The quantitative estimate of drug-likeness (QED) is 0.393. The van der Waals surface area contributed by atoms with E-state index in [1.54, 1.807) is 11.3 Å². The van der Waals surface area contributed by atoms with Gasteiger partial charge in [-0.3, -0.25) is 4.79 Å². The molecule has 134 valence electrons. The van der Waals surface area contributed by atoms with E-state index in [0.29, 0.717) is 13.1 Å². The zero-order valence-corrected chi connectivity index (χ0v) is 15.8. The molecule has 0 amide bonds. The van der Waals surface area contributed by atoms with Crippen molar-refractivity contribution in [3.05, 3.63) is 76.3 Å². The molecular formula is C22H23NO2S. The maximum Gasteiger partial charge on any atom is 0.293 e. The average molecular weight is 365 g/mol. The molecule has 0 aliphatic rings. The highest BCUT2D eigenvalue weighted by Gasteiger charge is 2.13. The molecule has 1 aromatic heterocycles. The van der Waals surface area contributed by atoms with Crippen LogP contribution in [-0.4, -0.2) is 18.1 Å². The van der Waals surface area contributed by atoms with Gasteiger partial charge in [-0.05, 0) is 30.4 Å². The van der Waals surface area contributed by atoms with Gasteiger partial charge in [0.1, 0.15) is 5.01 Å². The fourth-order valence-electron chi connectivity index (χ4n) is 2.88. The van der Waals surface area contributed by atoms with Gasteiger partial charge in [0.15, 0.2) is 0 Å². The zero-order chi connectivity index (χ0) is 18.2. The summed E-state index contributed by atoms with van der Waals surface area (Å²) in [5, 5.41) is 1.06. The van der Waals surface area contributed by atoms with Gasteiger partial charge < -0.3 is 4.74 Å². The first kappa shape index (κ1) is 18.3. The second-order valence-corrected chi connectivity index (χ2v) is 7.26. The molecule has 1 heterocycles. The normalized spacial score (nSPS) is 10.7. The molecule has 3 rings (SSSR count). The van der Waals surface area contributed by atoms with Gasteiger partial charge in [-0.2, -0.15) is 0 Å². The van der Waals surface area contributed by atoms with Crippen molar-refractivity contribution in [1.82, 2.24) is 4.98 Å². The number of carbonyl (C=O) groups is 1. The van der Waals surface area contributed by atoms with Crippen LogP contribution >= 0.6 is 11.3 Å². The van der Waals surface area contributed by atoms with Crippen molar-refractivity contribution in [3.63, 3.8) is 0 Å². The molecule has 0 spiro atoms. The Balaban J connectivity index is 1.84. The fourth-order valence-corrected chi connectivity index (χ4v) is 4.00. The third-order valence-corrected chi connectivity index (χ3v) is 5.54. The highest BCUT2D eigenvalue weighted by atomic mass is 32.1. The first-order valence-electron chi connectivity index (χ1n) is 8.97. The Hall–Kier alpha value is -2.46. The summed E-state index contributed by atoms with van der Waals surface area (Å²) in [4.78, 5) is 16.5. The first-order valence-corrected chi connectivity index (χ1v) is 9.79. The third kappa shape index (κ3) is 4.79. The lowest BCUT2D eigenvalue weighted by Gasteiger charge is -2.02. The van der Waals surface area contributed by atoms with Gasteiger partial charge in [0.05, 0.1) is 12.3 Å². The molecule has 2 aromatic carbocycles. The highest BCUT2D eigenvalue weighted by molar-refractivity contribution is 7.15. The number of nitrogens with zero attached hydrogens (tertiary/aromatic N) is 1. The third-order valence-electron chi connectivity index (χ3n) is 4.34. The van der Waals surface area contributed by atoms with Crippen LogP contribution in [0.15, 0.2) is 54.6 Å². The number of carbonyl (C=O) groups excluding carboxylic acids is 1. The van der Waals surface area contributed by atoms with E-state index in [-0.39, 0.29) is 0 Å². The number of ether oxygens (including phenoxy) is 1. The SMILES string of the molecule is CCc1ccc(-c2nc(Cc3ccccc3)c(CCCOC=O)s2)cc1. The molecule has 0 aliphatic carbocycles. The summed E-state index contributed by atoms with van der Waals surface area (Å²) in [6.07, 6.45) is 3.56. The summed E-state index contributed by atoms with van der Waals surface area (Å²) >= 11 is 1.75. The van der Waals surface area contributed by atoms with Gasteiger partial charge >= 0.3 is 0 Å². The summed E-state index contributed by atoms with van der Waals surface area (Å²) in [7, 11) is 0. The molecule has 0 saturated carbocycles. The predicted molar refractivity (Wildman–Crippen MR) is 107 cm³/mol. The van der Waals surface area contributed by atoms with Crippen LogP contribution in [0.2, 0.25) is 0 Å². The van der Waals surface area contributed by atoms with Crippen molar-refractivity contribution in [2.75, 3.05) is 6.61 Å². The Morgan fingerprint density at radius 3 is 2.50 bits per heavy atom. The van der Waals surface area contributed by atoms with Gasteiger partial charge in [0.2, 0.25) is 0 Å². The van der Waals surface area contributed by atoms with Crippen LogP contribution in [-0.2, 0) is 28.8 Å². The average Bonchev–Trinajstić information content (AvgIpc) is 3.09. The number of aryl methyl sites for hydroxylation is 2. The van der Waals surface area contributed by atoms with Crippen molar-refractivity contribution in [1.29, 1.82) is 0 Å². The van der Waals surface area contributed by atoms with E-state index in [1.807, 2.05) is 6.07 Å². The number of aromatic nitrogens is 1. The number of hydrogen-bond donors (Lipinski definition) is 0. The van der Waals surface area contributed by atoms with E-state index < -0.39 is 0 Å². The predicted octanol–water partition coefficient (Wildman–Crippen LogP) is 5.07. The molecular weight excluding hydrogens is 342 g/mol. The Morgan fingerprint density at radius 2 is 1.81 bits per heavy atom. The number of benzene rings is 2. The minimum absolute atomic E-state index is 0.451. The molecule has 26 heavy (non-hydrogen) atoms. The van der Waals surface area contributed by atoms with Crippen molar-refractivity contribution in [2.45, 2.75) is 32.6 Å². The molecule has 0 radical (unpaired) electrons. The number of thiazole rings is 1. The summed E-state index contributed by atoms with van der Waals surface area (Å²) in [6, 6.07) is 19.1. The lowest BCUT2D eigenvalue weighted by Crippen LogP contribution is -1.97. The van der Waals surface area contributed by atoms with Crippen LogP contribution in [0.5, 0.6) is 0 Å². The molecule has 3 nitrogen and oxygen atoms in total. The molecule has 0 saturated heterocycles. The van der Waals surface area contributed by atoms with E-state index in [0.717, 1.165) is 41.9 Å². The standard InChI is InChI=1S/C22H23NO2S/c1-2-17-10-12-19(13-11-17)22-23-20(15-18-7-4-3-5-8-18)21(26-22)9-6-14-25-16-24/h3-5,7-8,10-13,16H,2,6,9,14-15H2,1H3. The van der Waals surface area contributed by atoms with Crippen LogP contribution in [0.1, 0.15) is 35.0 Å². The molecule has 0 N–H and O–H groups in total. The van der Waals surface area contributed by atoms with E-state index in [9.17, 15) is 4.79 Å². The second kappa shape index (κ2) is 9.30. The van der Waals surface area contributed by atoms with Crippen molar-refractivity contribution in [3.8, 4) is 10.6 Å². The van der Waals surface area contributed by atoms with E-state index in [1.165, 1.54) is 16.0 Å². The largest absolute Gasteiger partial charge is 0.468 e. The summed E-state index contributed by atoms with van der Waals surface area (Å²) in [5.74, 6) is 0. The van der Waals surface area contributed by atoms with Crippen molar-refractivity contribution in [2.24, 2.45) is 0 Å². The van der Waals surface area contributed by atoms with Crippen molar-refractivity contribution < 1.29 is 9.53 Å². The second-order valence-electron chi connectivity index (χ2n) is 6.17. The maximum atomic E-state index is 10.3. The minimum atomic E-state index is 0.451. The Morgan fingerprint density at radius 1 is 1.04 bits per heavy atom. The highest BCUT2D eigenvalue weighted by Crippen LogP contribution is 2.30. The molecule has 3 aromatic rings. The fraction of sp³-hybridized carbons (Fsp3) is 0.273. The van der Waals surface area contributed by atoms with Gasteiger partial charge in [-0.25, -0.2) is 4.98 Å². The molecule has 0 aliphatic heterocycles. The number of rotatable bonds is 9. The molecule has 0 fully saturated rings. The van der Waals surface area contributed by atoms with Gasteiger partial charge in [-0.1, -0.05) is 61.5 Å². The molecule has 0 unspecified atom stereocenters. The minimum Gasteiger partial charge on any atom is -0.468 e. The Labute approximate surface area is 158 Å². The Kier molecular flexibility index (Phi) is 6.56. The van der Waals surface area contributed by atoms with Crippen LogP contribution in [0.25, 0.3) is 10.6 Å². The van der Waals surface area contributed by atoms with Crippen molar-refractivity contribution >= 4 is 17.8 Å². The van der Waals surface area contributed by atoms with E-state index in [4.69, 9.17) is 9.72 Å². The van der Waals surface area contributed by atoms with Gasteiger partial charge in [-0.15, -0.1) is 11.3 Å². The lowest BCUT2D eigenvalue weighted by atomic mass is 10.1. The summed E-state index contributed by atoms with van der Waals surface area (Å²) in [6.45, 7) is 3.13. The molecule has 0 bridgehead atoms. The topological polar surface area (TPSA) is 39.2 Å². The van der Waals surface area contributed by atoms with Gasteiger partial charge in [0, 0.05) is 16.9 Å². The number of hydrogen-bond acceptors (Lipinski definition) is 4. The summed E-state index contributed by atoms with van der Waals surface area (Å²) in [5.41, 5.74) is 4.89. The maximum absolute atomic E-state index is 10.3.